The first-order valence-electron chi connectivity index (χ1n) is 21.6. The van der Waals surface area contributed by atoms with Gasteiger partial charge in [0.1, 0.15) is 22.5 Å². The van der Waals surface area contributed by atoms with Crippen LogP contribution in [0.3, 0.4) is 0 Å². The zero-order valence-electron chi connectivity index (χ0n) is 34.2. The molecule has 3 heterocycles. The summed E-state index contributed by atoms with van der Waals surface area (Å²) in [5, 5.41) is 4.76. The lowest BCUT2D eigenvalue weighted by Gasteiger charge is -2.39. The minimum Gasteiger partial charge on any atom is -0.457 e. The van der Waals surface area contributed by atoms with Gasteiger partial charge in [-0.1, -0.05) is 133 Å². The minimum absolute atomic E-state index is 0.478. The van der Waals surface area contributed by atoms with Crippen molar-refractivity contribution < 1.29 is 13.6 Å². The lowest BCUT2D eigenvalue weighted by Crippen LogP contribution is -2.32. The Balaban J connectivity index is 0.866. The molecule has 0 N–H and O–H groups in total. The van der Waals surface area contributed by atoms with E-state index in [0.717, 1.165) is 61.3 Å². The van der Waals surface area contributed by atoms with Crippen molar-refractivity contribution in [2.24, 2.45) is 0 Å². The molecule has 2 aromatic heterocycles. The van der Waals surface area contributed by atoms with Crippen molar-refractivity contribution in [1.82, 2.24) is 9.97 Å². The highest BCUT2D eigenvalue weighted by Gasteiger charge is 2.50. The zero-order valence-corrected chi connectivity index (χ0v) is 34.2. The number of fused-ring (bicyclic) bond motifs is 14. The first-order chi connectivity index (χ1) is 31.7. The van der Waals surface area contributed by atoms with Crippen LogP contribution in [0.2, 0.25) is 0 Å². The number of benzene rings is 10. The third kappa shape index (κ3) is 5.06. The zero-order chi connectivity index (χ0) is 41.9. The summed E-state index contributed by atoms with van der Waals surface area (Å²) in [5.74, 6) is 2.91. The number of rotatable bonds is 4. The maximum absolute atomic E-state index is 6.54. The Morgan fingerprint density at radius 2 is 0.797 bits per heavy atom. The SMILES string of the molecule is c1ccc2c(c1)Oc1ccccc1C21c2ccccc2-c2cc(-c3ccc4c(ccc5cc(-c6cc(-c7nc8ccccc8o7)cc(-c7nc8ccccc8o7)c6)ccc54)c3)ccc21. The molecule has 0 bridgehead atoms. The quantitative estimate of drug-likeness (QED) is 0.166. The first kappa shape index (κ1) is 35.1. The average molecular weight is 819 g/mol. The molecule has 0 unspecified atom stereocenters. The molecule has 1 spiro atoms. The summed E-state index contributed by atoms with van der Waals surface area (Å²) in [4.78, 5) is 9.70. The summed E-state index contributed by atoms with van der Waals surface area (Å²) in [7, 11) is 0. The van der Waals surface area contributed by atoms with Crippen LogP contribution in [0.4, 0.5) is 0 Å². The molecular weight excluding hydrogens is 785 g/mol. The molecule has 2 aliphatic rings. The summed E-state index contributed by atoms with van der Waals surface area (Å²) >= 11 is 0. The molecule has 5 nitrogen and oxygen atoms in total. The second-order valence-corrected chi connectivity index (χ2v) is 16.9. The maximum atomic E-state index is 6.54. The monoisotopic (exact) mass is 818 g/mol. The molecule has 1 aliphatic heterocycles. The van der Waals surface area contributed by atoms with E-state index in [1.807, 2.05) is 54.6 Å². The Hall–Kier alpha value is -8.54. The second kappa shape index (κ2) is 13.2. The topological polar surface area (TPSA) is 61.3 Å². The molecule has 1 aliphatic carbocycles. The number of ether oxygens (including phenoxy) is 1. The molecule has 0 atom stereocenters. The Morgan fingerprint density at radius 3 is 1.41 bits per heavy atom. The van der Waals surface area contributed by atoms with Crippen LogP contribution in [-0.2, 0) is 5.41 Å². The van der Waals surface area contributed by atoms with Gasteiger partial charge in [-0.15, -0.1) is 0 Å². The standard InChI is InChI=1S/C59H34N2O3/c1-2-12-47-45(11-1)46-34-37(25-28-48(46)59(47)49-13-3-7-17-53(49)62-54-18-8-4-14-50(54)59)35-23-26-43-38(29-35)21-22-39-30-36(24-27-44(39)43)40-31-41(57-60-51-15-5-9-19-55(51)63-57)33-42(32-40)58-61-52-16-6-10-20-56(52)64-58/h1-34H. The molecule has 0 fully saturated rings. The summed E-state index contributed by atoms with van der Waals surface area (Å²) in [6.45, 7) is 0. The van der Waals surface area contributed by atoms with Gasteiger partial charge in [0.2, 0.25) is 11.8 Å². The van der Waals surface area contributed by atoms with Gasteiger partial charge >= 0.3 is 0 Å². The molecule has 0 amide bonds. The highest BCUT2D eigenvalue weighted by Crippen LogP contribution is 2.62. The van der Waals surface area contributed by atoms with Gasteiger partial charge in [0.25, 0.3) is 0 Å². The van der Waals surface area contributed by atoms with E-state index >= 15 is 0 Å². The van der Waals surface area contributed by atoms with Gasteiger partial charge in [0.15, 0.2) is 11.2 Å². The second-order valence-electron chi connectivity index (χ2n) is 16.9. The van der Waals surface area contributed by atoms with Crippen molar-refractivity contribution in [2.45, 2.75) is 5.41 Å². The van der Waals surface area contributed by atoms with Gasteiger partial charge in [0.05, 0.1) is 5.41 Å². The Labute approximate surface area is 367 Å². The predicted octanol–water partition coefficient (Wildman–Crippen LogP) is 15.4. The molecule has 14 rings (SSSR count). The van der Waals surface area contributed by atoms with Crippen LogP contribution in [0.1, 0.15) is 22.3 Å². The Morgan fingerprint density at radius 1 is 0.328 bits per heavy atom. The van der Waals surface area contributed by atoms with Crippen molar-refractivity contribution in [1.29, 1.82) is 0 Å². The van der Waals surface area contributed by atoms with Gasteiger partial charge in [0, 0.05) is 22.3 Å². The van der Waals surface area contributed by atoms with Crippen LogP contribution < -0.4 is 4.74 Å². The van der Waals surface area contributed by atoms with Crippen molar-refractivity contribution >= 4 is 43.7 Å². The Kier molecular flexibility index (Phi) is 7.26. The largest absolute Gasteiger partial charge is 0.457 e. The molecule has 0 saturated carbocycles. The molecule has 64 heavy (non-hydrogen) atoms. The molecule has 12 aromatic rings. The number of aromatic nitrogens is 2. The van der Waals surface area contributed by atoms with E-state index in [-0.39, 0.29) is 0 Å². The summed E-state index contributed by atoms with van der Waals surface area (Å²) < 4.78 is 19.1. The van der Waals surface area contributed by atoms with Crippen molar-refractivity contribution in [3.05, 3.63) is 229 Å². The fourth-order valence-corrected chi connectivity index (χ4v) is 10.5. The van der Waals surface area contributed by atoms with E-state index in [1.165, 1.54) is 60.7 Å². The van der Waals surface area contributed by atoms with E-state index < -0.39 is 5.41 Å². The van der Waals surface area contributed by atoms with Crippen LogP contribution >= 0.6 is 0 Å². The van der Waals surface area contributed by atoms with E-state index in [1.54, 1.807) is 0 Å². The molecule has 5 heteroatoms. The summed E-state index contributed by atoms with van der Waals surface area (Å²) in [6.07, 6.45) is 0. The van der Waals surface area contributed by atoms with Gasteiger partial charge in [-0.25, -0.2) is 9.97 Å². The van der Waals surface area contributed by atoms with Crippen LogP contribution in [0.25, 0.3) is 100 Å². The first-order valence-corrected chi connectivity index (χ1v) is 21.6. The fourth-order valence-electron chi connectivity index (χ4n) is 10.5. The highest BCUT2D eigenvalue weighted by molar-refractivity contribution is 6.09. The van der Waals surface area contributed by atoms with Crippen molar-refractivity contribution in [2.75, 3.05) is 0 Å². The molecule has 298 valence electrons. The number of nitrogens with zero attached hydrogens (tertiary/aromatic N) is 2. The Bertz CT molecular complexity index is 3710. The maximum Gasteiger partial charge on any atom is 0.227 e. The lowest BCUT2D eigenvalue weighted by molar-refractivity contribution is 0.436. The summed E-state index contributed by atoms with van der Waals surface area (Å²) in [5.41, 5.74) is 16.2. The third-order valence-electron chi connectivity index (χ3n) is 13.4. The number of para-hydroxylation sites is 6. The van der Waals surface area contributed by atoms with E-state index in [9.17, 15) is 0 Å². The van der Waals surface area contributed by atoms with E-state index in [2.05, 4.69) is 152 Å². The van der Waals surface area contributed by atoms with Crippen LogP contribution in [-0.4, -0.2) is 9.97 Å². The van der Waals surface area contributed by atoms with Crippen LogP contribution in [0, 0.1) is 0 Å². The minimum atomic E-state index is -0.478. The smallest absolute Gasteiger partial charge is 0.227 e. The average Bonchev–Trinajstić information content (AvgIpc) is 4.07. The van der Waals surface area contributed by atoms with Crippen LogP contribution in [0.15, 0.2) is 215 Å². The molecule has 10 aromatic carbocycles. The number of hydrogen-bond donors (Lipinski definition) is 0. The van der Waals surface area contributed by atoms with Gasteiger partial charge < -0.3 is 13.6 Å². The fraction of sp³-hybridized carbons (Fsp3) is 0.0169. The van der Waals surface area contributed by atoms with Gasteiger partial charge in [-0.2, -0.15) is 0 Å². The van der Waals surface area contributed by atoms with Gasteiger partial charge in [-0.05, 0) is 139 Å². The normalized spacial score (nSPS) is 13.2. The van der Waals surface area contributed by atoms with Crippen LogP contribution in [0.5, 0.6) is 11.5 Å². The highest BCUT2D eigenvalue weighted by atomic mass is 16.5. The number of oxazole rings is 2. The van der Waals surface area contributed by atoms with E-state index in [4.69, 9.17) is 23.5 Å². The predicted molar refractivity (Wildman–Crippen MR) is 256 cm³/mol. The lowest BCUT2D eigenvalue weighted by atomic mass is 9.66. The third-order valence-corrected chi connectivity index (χ3v) is 13.4. The van der Waals surface area contributed by atoms with Crippen molar-refractivity contribution in [3.8, 4) is 67.8 Å². The molecule has 0 saturated heterocycles. The molecular formula is C59H34N2O3. The molecule has 0 radical (unpaired) electrons. The van der Waals surface area contributed by atoms with Crippen molar-refractivity contribution in [3.63, 3.8) is 0 Å². The van der Waals surface area contributed by atoms with E-state index in [0.29, 0.717) is 11.8 Å². The summed E-state index contributed by atoms with van der Waals surface area (Å²) in [6, 6.07) is 73.1. The number of hydrogen-bond acceptors (Lipinski definition) is 5. The van der Waals surface area contributed by atoms with Gasteiger partial charge in [-0.3, -0.25) is 0 Å².